The SMILES string of the molecule is COc1ccccc1CC(N)Cc1c(F)cccc1Cl. The van der Waals surface area contributed by atoms with Gasteiger partial charge >= 0.3 is 0 Å². The molecule has 2 aromatic carbocycles. The summed E-state index contributed by atoms with van der Waals surface area (Å²) in [5.41, 5.74) is 7.60. The zero-order valence-corrected chi connectivity index (χ0v) is 12.0. The van der Waals surface area contributed by atoms with Crippen LogP contribution in [0.2, 0.25) is 5.02 Å². The summed E-state index contributed by atoms with van der Waals surface area (Å²) < 4.78 is 19.0. The average molecular weight is 294 g/mol. The Morgan fingerprint density at radius 2 is 1.90 bits per heavy atom. The monoisotopic (exact) mass is 293 g/mol. The summed E-state index contributed by atoms with van der Waals surface area (Å²) in [6, 6.07) is 12.1. The van der Waals surface area contributed by atoms with Crippen molar-refractivity contribution in [2.24, 2.45) is 5.73 Å². The number of benzene rings is 2. The van der Waals surface area contributed by atoms with Crippen molar-refractivity contribution < 1.29 is 9.13 Å². The van der Waals surface area contributed by atoms with Gasteiger partial charge in [0.15, 0.2) is 0 Å². The Kier molecular flexibility index (Phi) is 4.99. The molecule has 1 atom stereocenters. The quantitative estimate of drug-likeness (QED) is 0.914. The normalized spacial score (nSPS) is 12.2. The van der Waals surface area contributed by atoms with Gasteiger partial charge in [-0.25, -0.2) is 4.39 Å². The van der Waals surface area contributed by atoms with E-state index < -0.39 is 0 Å². The summed E-state index contributed by atoms with van der Waals surface area (Å²) in [5.74, 6) is 0.482. The van der Waals surface area contributed by atoms with E-state index in [2.05, 4.69) is 0 Å². The fourth-order valence-electron chi connectivity index (χ4n) is 2.22. The molecule has 20 heavy (non-hydrogen) atoms. The molecular formula is C16H17ClFNO. The van der Waals surface area contributed by atoms with Gasteiger partial charge in [-0.15, -0.1) is 0 Å². The molecule has 0 radical (unpaired) electrons. The molecule has 0 bridgehead atoms. The molecule has 0 aliphatic heterocycles. The van der Waals surface area contributed by atoms with Crippen LogP contribution in [0.3, 0.4) is 0 Å². The first-order chi connectivity index (χ1) is 9.61. The zero-order valence-electron chi connectivity index (χ0n) is 11.3. The second-order valence-electron chi connectivity index (χ2n) is 4.68. The van der Waals surface area contributed by atoms with Crippen LogP contribution in [0.25, 0.3) is 0 Å². The van der Waals surface area contributed by atoms with E-state index in [1.54, 1.807) is 19.2 Å². The van der Waals surface area contributed by atoms with Gasteiger partial charge in [0.05, 0.1) is 7.11 Å². The lowest BCUT2D eigenvalue weighted by molar-refractivity contribution is 0.407. The lowest BCUT2D eigenvalue weighted by Crippen LogP contribution is -2.26. The smallest absolute Gasteiger partial charge is 0.127 e. The topological polar surface area (TPSA) is 35.2 Å². The molecule has 0 saturated heterocycles. The molecule has 2 nitrogen and oxygen atoms in total. The molecule has 2 rings (SSSR count). The molecule has 106 valence electrons. The van der Waals surface area contributed by atoms with Crippen LogP contribution in [0.5, 0.6) is 5.75 Å². The summed E-state index contributed by atoms with van der Waals surface area (Å²) in [6.45, 7) is 0. The molecule has 4 heteroatoms. The Morgan fingerprint density at radius 3 is 2.60 bits per heavy atom. The van der Waals surface area contributed by atoms with Crippen molar-refractivity contribution in [2.45, 2.75) is 18.9 Å². The Balaban J connectivity index is 2.11. The van der Waals surface area contributed by atoms with Gasteiger partial charge in [0.2, 0.25) is 0 Å². The minimum atomic E-state index is -0.312. The van der Waals surface area contributed by atoms with Crippen LogP contribution in [-0.4, -0.2) is 13.2 Å². The summed E-state index contributed by atoms with van der Waals surface area (Å²) in [5, 5.41) is 0.417. The van der Waals surface area contributed by atoms with Gasteiger partial charge in [-0.2, -0.15) is 0 Å². The number of methoxy groups -OCH3 is 1. The molecule has 2 N–H and O–H groups in total. The van der Waals surface area contributed by atoms with Gasteiger partial charge < -0.3 is 10.5 Å². The maximum absolute atomic E-state index is 13.7. The fourth-order valence-corrected chi connectivity index (χ4v) is 2.46. The van der Waals surface area contributed by atoms with E-state index >= 15 is 0 Å². The van der Waals surface area contributed by atoms with Crippen molar-refractivity contribution >= 4 is 11.6 Å². The van der Waals surface area contributed by atoms with Crippen LogP contribution in [0.15, 0.2) is 42.5 Å². The van der Waals surface area contributed by atoms with Crippen LogP contribution >= 0.6 is 11.6 Å². The molecule has 0 aliphatic carbocycles. The molecule has 0 amide bonds. The Bertz CT molecular complexity index is 568. The third-order valence-corrected chi connectivity index (χ3v) is 3.56. The highest BCUT2D eigenvalue weighted by Gasteiger charge is 2.14. The number of rotatable bonds is 5. The fraction of sp³-hybridized carbons (Fsp3) is 0.250. The molecular weight excluding hydrogens is 277 g/mol. The number of hydrogen-bond donors (Lipinski definition) is 1. The number of ether oxygens (including phenoxy) is 1. The Morgan fingerprint density at radius 1 is 1.15 bits per heavy atom. The summed E-state index contributed by atoms with van der Waals surface area (Å²) in [6.07, 6.45) is 0.998. The van der Waals surface area contributed by atoms with Crippen LogP contribution < -0.4 is 10.5 Å². The minimum Gasteiger partial charge on any atom is -0.496 e. The summed E-state index contributed by atoms with van der Waals surface area (Å²) >= 11 is 6.01. The highest BCUT2D eigenvalue weighted by Crippen LogP contribution is 2.23. The standard InChI is InChI=1S/C16H17ClFNO/c1-20-16-8-3-2-5-11(16)9-12(19)10-13-14(17)6-4-7-15(13)18/h2-8,12H,9-10,19H2,1H3. The molecule has 0 spiro atoms. The lowest BCUT2D eigenvalue weighted by Gasteiger charge is -2.15. The Labute approximate surface area is 123 Å². The highest BCUT2D eigenvalue weighted by atomic mass is 35.5. The Hall–Kier alpha value is -1.58. The number of hydrogen-bond acceptors (Lipinski definition) is 2. The van der Waals surface area contributed by atoms with E-state index in [1.807, 2.05) is 24.3 Å². The second kappa shape index (κ2) is 6.73. The zero-order chi connectivity index (χ0) is 14.5. The van der Waals surface area contributed by atoms with Crippen LogP contribution in [0.1, 0.15) is 11.1 Å². The average Bonchev–Trinajstić information content (AvgIpc) is 2.44. The second-order valence-corrected chi connectivity index (χ2v) is 5.09. The molecule has 0 saturated carbocycles. The lowest BCUT2D eigenvalue weighted by atomic mass is 9.99. The van der Waals surface area contributed by atoms with Crippen LogP contribution in [0, 0.1) is 5.82 Å². The highest BCUT2D eigenvalue weighted by molar-refractivity contribution is 6.31. The van der Waals surface area contributed by atoms with Crippen LogP contribution in [-0.2, 0) is 12.8 Å². The van der Waals surface area contributed by atoms with Gasteiger partial charge in [0, 0.05) is 16.6 Å². The van der Waals surface area contributed by atoms with Crippen molar-refractivity contribution in [1.82, 2.24) is 0 Å². The first-order valence-electron chi connectivity index (χ1n) is 6.42. The van der Waals surface area contributed by atoms with Crippen molar-refractivity contribution in [1.29, 1.82) is 0 Å². The maximum atomic E-state index is 13.7. The van der Waals surface area contributed by atoms with Gasteiger partial charge in [-0.3, -0.25) is 0 Å². The number of halogens is 2. The van der Waals surface area contributed by atoms with Crippen molar-refractivity contribution in [3.8, 4) is 5.75 Å². The van der Waals surface area contributed by atoms with E-state index in [-0.39, 0.29) is 11.9 Å². The van der Waals surface area contributed by atoms with E-state index in [9.17, 15) is 4.39 Å². The van der Waals surface area contributed by atoms with Crippen molar-refractivity contribution in [3.63, 3.8) is 0 Å². The third-order valence-electron chi connectivity index (χ3n) is 3.20. The minimum absolute atomic E-state index is 0.222. The first-order valence-corrected chi connectivity index (χ1v) is 6.80. The van der Waals surface area contributed by atoms with E-state index in [0.717, 1.165) is 11.3 Å². The predicted octanol–water partition coefficient (Wildman–Crippen LogP) is 3.60. The number of para-hydroxylation sites is 1. The predicted molar refractivity (Wildman–Crippen MR) is 79.8 cm³/mol. The van der Waals surface area contributed by atoms with E-state index in [1.165, 1.54) is 6.07 Å². The first kappa shape index (κ1) is 14.8. The molecule has 0 aromatic heterocycles. The van der Waals surface area contributed by atoms with Gasteiger partial charge in [0.1, 0.15) is 11.6 Å². The van der Waals surface area contributed by atoms with Gasteiger partial charge in [0.25, 0.3) is 0 Å². The molecule has 2 aromatic rings. The molecule has 0 aliphatic rings. The van der Waals surface area contributed by atoms with Crippen molar-refractivity contribution in [2.75, 3.05) is 7.11 Å². The molecule has 0 fully saturated rings. The van der Waals surface area contributed by atoms with E-state index in [4.69, 9.17) is 22.1 Å². The molecule has 0 heterocycles. The van der Waals surface area contributed by atoms with Crippen LogP contribution in [0.4, 0.5) is 4.39 Å². The largest absolute Gasteiger partial charge is 0.496 e. The third kappa shape index (κ3) is 3.50. The van der Waals surface area contributed by atoms with Gasteiger partial charge in [-0.05, 0) is 36.6 Å². The molecule has 1 unspecified atom stereocenters. The number of nitrogens with two attached hydrogens (primary N) is 1. The summed E-state index contributed by atoms with van der Waals surface area (Å²) in [7, 11) is 1.62. The summed E-state index contributed by atoms with van der Waals surface area (Å²) in [4.78, 5) is 0. The van der Waals surface area contributed by atoms with Gasteiger partial charge in [-0.1, -0.05) is 35.9 Å². The van der Waals surface area contributed by atoms with Crippen molar-refractivity contribution in [3.05, 3.63) is 64.4 Å². The van der Waals surface area contributed by atoms with E-state index in [0.29, 0.717) is 23.4 Å². The maximum Gasteiger partial charge on any atom is 0.127 e.